The molecule has 0 bridgehead atoms. The van der Waals surface area contributed by atoms with Gasteiger partial charge in [-0.15, -0.1) is 0 Å². The van der Waals surface area contributed by atoms with Crippen molar-refractivity contribution in [2.24, 2.45) is 0 Å². The van der Waals surface area contributed by atoms with E-state index in [1.807, 2.05) is 31.2 Å². The predicted molar refractivity (Wildman–Crippen MR) is 77.4 cm³/mol. The first-order chi connectivity index (χ1) is 9.11. The number of ether oxygens (including phenoxy) is 1. The first-order valence-corrected chi connectivity index (χ1v) is 7.07. The second-order valence-corrected chi connectivity index (χ2v) is 5.24. The Morgan fingerprint density at radius 1 is 1.32 bits per heavy atom. The minimum absolute atomic E-state index is 0.548. The summed E-state index contributed by atoms with van der Waals surface area (Å²) < 4.78 is 11.9. The second kappa shape index (κ2) is 6.26. The van der Waals surface area contributed by atoms with Gasteiger partial charge in [0.1, 0.15) is 23.4 Å². The summed E-state index contributed by atoms with van der Waals surface area (Å²) >= 11 is 3.46. The van der Waals surface area contributed by atoms with Crippen LogP contribution in [-0.4, -0.2) is 11.7 Å². The average molecular weight is 325 g/mol. The number of aryl methyl sites for hydroxylation is 1. The number of hydrogen-bond donors (Lipinski definition) is 1. The van der Waals surface area contributed by atoms with Gasteiger partial charge < -0.3 is 14.3 Å². The molecule has 0 radical (unpaired) electrons. The Bertz CT molecular complexity index is 548. The fraction of sp³-hybridized carbons (Fsp3) is 0.333. The molecule has 0 saturated carbocycles. The summed E-state index contributed by atoms with van der Waals surface area (Å²) in [5, 5.41) is 10.2. The third-order valence-electron chi connectivity index (χ3n) is 2.76. The molecule has 0 aliphatic carbocycles. The molecule has 1 aromatic heterocycles. The number of rotatable bonds is 5. The predicted octanol–water partition coefficient (Wildman–Crippen LogP) is 4.22. The van der Waals surface area contributed by atoms with Crippen LogP contribution in [0.15, 0.2) is 39.2 Å². The van der Waals surface area contributed by atoms with Gasteiger partial charge in [-0.1, -0.05) is 13.0 Å². The summed E-state index contributed by atoms with van der Waals surface area (Å²) in [6.45, 7) is 4.59. The normalized spacial score (nSPS) is 12.4. The number of aliphatic hydroxyl groups is 1. The molecule has 0 aliphatic rings. The highest BCUT2D eigenvalue weighted by Crippen LogP contribution is 2.31. The third kappa shape index (κ3) is 3.39. The van der Waals surface area contributed by atoms with Gasteiger partial charge in [-0.25, -0.2) is 0 Å². The fourth-order valence-electron chi connectivity index (χ4n) is 1.78. The molecule has 4 heteroatoms. The lowest BCUT2D eigenvalue weighted by atomic mass is 10.1. The molecule has 1 heterocycles. The molecule has 0 amide bonds. The van der Waals surface area contributed by atoms with Crippen LogP contribution >= 0.6 is 15.9 Å². The topological polar surface area (TPSA) is 42.6 Å². The van der Waals surface area contributed by atoms with Crippen molar-refractivity contribution in [1.82, 2.24) is 0 Å². The van der Waals surface area contributed by atoms with Crippen LogP contribution in [0.4, 0.5) is 0 Å². The minimum atomic E-state index is -0.759. The van der Waals surface area contributed by atoms with E-state index in [2.05, 4.69) is 22.9 Å². The van der Waals surface area contributed by atoms with E-state index in [4.69, 9.17) is 9.15 Å². The van der Waals surface area contributed by atoms with E-state index in [-0.39, 0.29) is 0 Å². The fourth-order valence-corrected chi connectivity index (χ4v) is 2.29. The summed E-state index contributed by atoms with van der Waals surface area (Å²) in [6.07, 6.45) is 0.202. The maximum absolute atomic E-state index is 10.2. The van der Waals surface area contributed by atoms with Crippen molar-refractivity contribution in [3.8, 4) is 5.75 Å². The van der Waals surface area contributed by atoms with Gasteiger partial charge in [-0.3, -0.25) is 0 Å². The van der Waals surface area contributed by atoms with Crippen LogP contribution in [0.2, 0.25) is 0 Å². The molecule has 102 valence electrons. The third-order valence-corrected chi connectivity index (χ3v) is 3.38. The van der Waals surface area contributed by atoms with Crippen molar-refractivity contribution in [3.05, 3.63) is 51.9 Å². The van der Waals surface area contributed by atoms with E-state index < -0.39 is 6.10 Å². The molecule has 2 rings (SSSR count). The van der Waals surface area contributed by atoms with Crippen LogP contribution in [0.5, 0.6) is 5.75 Å². The monoisotopic (exact) mass is 324 g/mol. The lowest BCUT2D eigenvalue weighted by molar-refractivity contribution is 0.187. The summed E-state index contributed by atoms with van der Waals surface area (Å²) in [5.74, 6) is 2.12. The Hall–Kier alpha value is -1.26. The number of benzene rings is 1. The number of aliphatic hydroxyl groups excluding tert-OH is 1. The van der Waals surface area contributed by atoms with Crippen molar-refractivity contribution < 1.29 is 14.3 Å². The molecule has 1 atom stereocenters. The zero-order chi connectivity index (χ0) is 13.8. The van der Waals surface area contributed by atoms with Gasteiger partial charge in [0.15, 0.2) is 0 Å². The lowest BCUT2D eigenvalue weighted by Gasteiger charge is -2.12. The Labute approximate surface area is 121 Å². The lowest BCUT2D eigenvalue weighted by Crippen LogP contribution is -2.00. The van der Waals surface area contributed by atoms with Gasteiger partial charge in [-0.05, 0) is 59.1 Å². The largest absolute Gasteiger partial charge is 0.492 e. The molecule has 19 heavy (non-hydrogen) atoms. The molecule has 1 unspecified atom stereocenters. The van der Waals surface area contributed by atoms with E-state index >= 15 is 0 Å². The van der Waals surface area contributed by atoms with Gasteiger partial charge in [0, 0.05) is 0 Å². The minimum Gasteiger partial charge on any atom is -0.492 e. The van der Waals surface area contributed by atoms with Crippen molar-refractivity contribution in [2.75, 3.05) is 6.61 Å². The van der Waals surface area contributed by atoms with E-state index in [1.54, 1.807) is 6.07 Å². The van der Waals surface area contributed by atoms with Gasteiger partial charge in [-0.2, -0.15) is 0 Å². The Morgan fingerprint density at radius 3 is 2.68 bits per heavy atom. The average Bonchev–Trinajstić information content (AvgIpc) is 2.83. The van der Waals surface area contributed by atoms with Crippen LogP contribution < -0.4 is 4.74 Å². The summed E-state index contributed by atoms with van der Waals surface area (Å²) in [6, 6.07) is 9.18. The van der Waals surface area contributed by atoms with Crippen LogP contribution in [0.1, 0.15) is 36.5 Å². The molecule has 0 spiro atoms. The molecule has 0 saturated heterocycles. The molecular weight excluding hydrogens is 308 g/mol. The number of hydrogen-bond acceptors (Lipinski definition) is 3. The van der Waals surface area contributed by atoms with Crippen molar-refractivity contribution in [2.45, 2.75) is 26.4 Å². The van der Waals surface area contributed by atoms with Crippen LogP contribution in [-0.2, 0) is 0 Å². The van der Waals surface area contributed by atoms with E-state index in [0.29, 0.717) is 12.4 Å². The molecule has 0 aliphatic heterocycles. The van der Waals surface area contributed by atoms with Crippen LogP contribution in [0.3, 0.4) is 0 Å². The number of halogens is 1. The van der Waals surface area contributed by atoms with E-state index in [1.165, 1.54) is 0 Å². The van der Waals surface area contributed by atoms with Crippen molar-refractivity contribution in [3.63, 3.8) is 0 Å². The van der Waals surface area contributed by atoms with Crippen LogP contribution in [0.25, 0.3) is 0 Å². The quantitative estimate of drug-likeness (QED) is 0.895. The molecule has 1 aromatic carbocycles. The van der Waals surface area contributed by atoms with E-state index in [9.17, 15) is 5.11 Å². The van der Waals surface area contributed by atoms with Gasteiger partial charge in [0.25, 0.3) is 0 Å². The first kappa shape index (κ1) is 14.2. The van der Waals surface area contributed by atoms with Gasteiger partial charge >= 0.3 is 0 Å². The molecule has 2 aromatic rings. The maximum atomic E-state index is 10.2. The maximum Gasteiger partial charge on any atom is 0.137 e. The van der Waals surface area contributed by atoms with Crippen molar-refractivity contribution in [1.29, 1.82) is 0 Å². The van der Waals surface area contributed by atoms with Gasteiger partial charge in [0.05, 0.1) is 11.1 Å². The first-order valence-electron chi connectivity index (χ1n) is 6.28. The Morgan fingerprint density at radius 2 is 2.11 bits per heavy atom. The van der Waals surface area contributed by atoms with E-state index in [0.717, 1.165) is 28.0 Å². The molecule has 0 fully saturated rings. The standard InChI is InChI=1S/C15H17BrO3/c1-3-8-18-13-7-5-11(9-12(13)16)15(17)14-6-4-10(2)19-14/h4-7,9,15,17H,3,8H2,1-2H3. The zero-order valence-electron chi connectivity index (χ0n) is 11.0. The molecular formula is C15H17BrO3. The summed E-state index contributed by atoms with van der Waals surface area (Å²) in [7, 11) is 0. The highest BCUT2D eigenvalue weighted by molar-refractivity contribution is 9.10. The Kier molecular flexibility index (Phi) is 4.66. The highest BCUT2D eigenvalue weighted by atomic mass is 79.9. The smallest absolute Gasteiger partial charge is 0.137 e. The van der Waals surface area contributed by atoms with Crippen molar-refractivity contribution >= 4 is 15.9 Å². The van der Waals surface area contributed by atoms with Crippen LogP contribution in [0, 0.1) is 6.92 Å². The summed E-state index contributed by atoms with van der Waals surface area (Å²) in [5.41, 5.74) is 0.769. The second-order valence-electron chi connectivity index (χ2n) is 4.39. The summed E-state index contributed by atoms with van der Waals surface area (Å²) in [4.78, 5) is 0. The number of furan rings is 1. The SMILES string of the molecule is CCCOc1ccc(C(O)c2ccc(C)o2)cc1Br. The Balaban J connectivity index is 2.19. The zero-order valence-corrected chi connectivity index (χ0v) is 12.6. The van der Waals surface area contributed by atoms with Gasteiger partial charge in [0.2, 0.25) is 0 Å². The molecule has 3 nitrogen and oxygen atoms in total. The molecule has 1 N–H and O–H groups in total. The highest BCUT2D eigenvalue weighted by Gasteiger charge is 2.15.